The van der Waals surface area contributed by atoms with Gasteiger partial charge in [-0.15, -0.1) is 0 Å². The summed E-state index contributed by atoms with van der Waals surface area (Å²) in [6.07, 6.45) is 1.73. The topological polar surface area (TPSA) is 38.9 Å². The lowest BCUT2D eigenvalue weighted by molar-refractivity contribution is 0.636. The van der Waals surface area contributed by atoms with Gasteiger partial charge < -0.3 is 5.73 Å². The van der Waals surface area contributed by atoms with E-state index in [9.17, 15) is 4.39 Å². The number of pyridine rings is 1. The van der Waals surface area contributed by atoms with E-state index in [1.807, 2.05) is 6.92 Å². The van der Waals surface area contributed by atoms with Crippen LogP contribution in [0.25, 0.3) is 10.9 Å². The van der Waals surface area contributed by atoms with Gasteiger partial charge in [0, 0.05) is 16.8 Å². The van der Waals surface area contributed by atoms with Crippen molar-refractivity contribution in [1.82, 2.24) is 4.98 Å². The van der Waals surface area contributed by atoms with Crippen molar-refractivity contribution in [1.29, 1.82) is 0 Å². The van der Waals surface area contributed by atoms with E-state index in [1.54, 1.807) is 6.07 Å². The fourth-order valence-electron chi connectivity index (χ4n) is 1.74. The number of benzene rings is 1. The van der Waals surface area contributed by atoms with Gasteiger partial charge in [-0.1, -0.05) is 24.9 Å². The van der Waals surface area contributed by atoms with Crippen molar-refractivity contribution < 1.29 is 4.39 Å². The van der Waals surface area contributed by atoms with Crippen LogP contribution in [0.4, 0.5) is 10.1 Å². The molecule has 0 radical (unpaired) electrons. The molecule has 0 bridgehead atoms. The van der Waals surface area contributed by atoms with E-state index in [1.165, 1.54) is 12.1 Å². The van der Waals surface area contributed by atoms with E-state index >= 15 is 0 Å². The number of aromatic nitrogens is 1. The van der Waals surface area contributed by atoms with Crippen molar-refractivity contribution in [2.75, 3.05) is 5.73 Å². The molecule has 1 aromatic carbocycles. The molecule has 0 fully saturated rings. The maximum atomic E-state index is 13.6. The zero-order valence-electron chi connectivity index (χ0n) is 8.93. The number of hydrogen-bond donors (Lipinski definition) is 1. The van der Waals surface area contributed by atoms with Gasteiger partial charge >= 0.3 is 0 Å². The van der Waals surface area contributed by atoms with Gasteiger partial charge in [-0.2, -0.15) is 0 Å². The van der Waals surface area contributed by atoms with Crippen molar-refractivity contribution in [3.05, 3.63) is 34.7 Å². The van der Waals surface area contributed by atoms with E-state index < -0.39 is 0 Å². The first-order chi connectivity index (χ1) is 7.63. The molecular weight excluding hydrogens is 227 g/mol. The highest BCUT2D eigenvalue weighted by Gasteiger charge is 2.10. The van der Waals surface area contributed by atoms with Gasteiger partial charge in [0.25, 0.3) is 0 Å². The highest BCUT2D eigenvalue weighted by molar-refractivity contribution is 6.36. The first kappa shape index (κ1) is 11.1. The summed E-state index contributed by atoms with van der Waals surface area (Å²) in [4.78, 5) is 4.25. The molecule has 4 heteroatoms. The van der Waals surface area contributed by atoms with E-state index in [-0.39, 0.29) is 11.3 Å². The molecule has 0 amide bonds. The molecule has 84 valence electrons. The van der Waals surface area contributed by atoms with E-state index in [2.05, 4.69) is 4.98 Å². The second kappa shape index (κ2) is 4.26. The van der Waals surface area contributed by atoms with Gasteiger partial charge in [0.2, 0.25) is 0 Å². The van der Waals surface area contributed by atoms with Crippen molar-refractivity contribution in [3.63, 3.8) is 0 Å². The van der Waals surface area contributed by atoms with Crippen LogP contribution in [0.15, 0.2) is 18.2 Å². The van der Waals surface area contributed by atoms with Crippen LogP contribution in [0.2, 0.25) is 5.02 Å². The molecule has 0 unspecified atom stereocenters. The maximum absolute atomic E-state index is 13.6. The van der Waals surface area contributed by atoms with Gasteiger partial charge in [-0.3, -0.25) is 0 Å². The number of fused-ring (bicyclic) bond motifs is 1. The summed E-state index contributed by atoms with van der Waals surface area (Å²) in [7, 11) is 0. The highest BCUT2D eigenvalue weighted by Crippen LogP contribution is 2.30. The summed E-state index contributed by atoms with van der Waals surface area (Å²) in [6.45, 7) is 2.04. The summed E-state index contributed by atoms with van der Waals surface area (Å²) >= 11 is 5.98. The lowest BCUT2D eigenvalue weighted by atomic mass is 10.1. The molecule has 2 aromatic rings. The van der Waals surface area contributed by atoms with Crippen molar-refractivity contribution in [2.24, 2.45) is 0 Å². The van der Waals surface area contributed by atoms with Gasteiger partial charge in [-0.05, 0) is 24.6 Å². The summed E-state index contributed by atoms with van der Waals surface area (Å²) in [5.74, 6) is -0.385. The Hall–Kier alpha value is -1.35. The third-order valence-electron chi connectivity index (χ3n) is 2.45. The standard InChI is InChI=1S/C12H12ClFN2/c1-2-3-7-6-10(15)11-8(13)4-5-9(14)12(11)16-7/h4-6H,2-3H2,1H3,(H2,15,16). The summed E-state index contributed by atoms with van der Waals surface area (Å²) < 4.78 is 13.6. The van der Waals surface area contributed by atoms with Crippen LogP contribution < -0.4 is 5.73 Å². The minimum Gasteiger partial charge on any atom is -0.398 e. The molecule has 0 aliphatic rings. The molecule has 2 nitrogen and oxygen atoms in total. The zero-order chi connectivity index (χ0) is 11.7. The van der Waals surface area contributed by atoms with Crippen molar-refractivity contribution >= 4 is 28.2 Å². The molecule has 0 atom stereocenters. The summed E-state index contributed by atoms with van der Waals surface area (Å²) in [5, 5.41) is 0.936. The minimum atomic E-state index is -0.385. The quantitative estimate of drug-likeness (QED) is 0.869. The third-order valence-corrected chi connectivity index (χ3v) is 2.77. The van der Waals surface area contributed by atoms with Gasteiger partial charge in [-0.25, -0.2) is 9.37 Å². The number of halogens is 2. The fraction of sp³-hybridized carbons (Fsp3) is 0.250. The van der Waals surface area contributed by atoms with Crippen LogP contribution in [0.3, 0.4) is 0 Å². The van der Waals surface area contributed by atoms with Crippen LogP contribution in [0.5, 0.6) is 0 Å². The Morgan fingerprint density at radius 3 is 2.88 bits per heavy atom. The predicted molar refractivity (Wildman–Crippen MR) is 65.1 cm³/mol. The number of nitrogen functional groups attached to an aromatic ring is 1. The minimum absolute atomic E-state index is 0.260. The molecule has 16 heavy (non-hydrogen) atoms. The molecule has 0 spiro atoms. The summed E-state index contributed by atoms with van der Waals surface area (Å²) in [6, 6.07) is 4.57. The van der Waals surface area contributed by atoms with Gasteiger partial charge in [0.1, 0.15) is 11.3 Å². The highest BCUT2D eigenvalue weighted by atomic mass is 35.5. The average molecular weight is 239 g/mol. The maximum Gasteiger partial charge on any atom is 0.149 e. The smallest absolute Gasteiger partial charge is 0.149 e. The molecule has 1 heterocycles. The normalized spacial score (nSPS) is 10.9. The van der Waals surface area contributed by atoms with Crippen molar-refractivity contribution in [3.8, 4) is 0 Å². The molecule has 0 saturated carbocycles. The molecule has 0 saturated heterocycles. The molecule has 2 N–H and O–H groups in total. The molecule has 1 aromatic heterocycles. The van der Waals surface area contributed by atoms with E-state index in [0.717, 1.165) is 18.5 Å². The van der Waals surface area contributed by atoms with Crippen LogP contribution in [-0.4, -0.2) is 4.98 Å². The molecular formula is C12H12ClFN2. The Kier molecular flexibility index (Phi) is 2.97. The molecule has 0 aliphatic carbocycles. The largest absolute Gasteiger partial charge is 0.398 e. The first-order valence-electron chi connectivity index (χ1n) is 5.16. The number of hydrogen-bond acceptors (Lipinski definition) is 2. The zero-order valence-corrected chi connectivity index (χ0v) is 9.68. The number of rotatable bonds is 2. The predicted octanol–water partition coefficient (Wildman–Crippen LogP) is 3.56. The first-order valence-corrected chi connectivity index (χ1v) is 5.54. The van der Waals surface area contributed by atoms with Gasteiger partial charge in [0.15, 0.2) is 0 Å². The van der Waals surface area contributed by atoms with E-state index in [4.69, 9.17) is 17.3 Å². The molecule has 2 rings (SSSR count). The van der Waals surface area contributed by atoms with Crippen molar-refractivity contribution in [2.45, 2.75) is 19.8 Å². The van der Waals surface area contributed by atoms with Crippen LogP contribution in [0.1, 0.15) is 19.0 Å². The number of anilines is 1. The Bertz CT molecular complexity index is 540. The lowest BCUT2D eigenvalue weighted by Gasteiger charge is -2.07. The number of aryl methyl sites for hydroxylation is 1. The Morgan fingerprint density at radius 2 is 2.19 bits per heavy atom. The SMILES string of the molecule is CCCc1cc(N)c2c(Cl)ccc(F)c2n1. The third kappa shape index (κ3) is 1.83. The Morgan fingerprint density at radius 1 is 1.44 bits per heavy atom. The lowest BCUT2D eigenvalue weighted by Crippen LogP contribution is -1.97. The van der Waals surface area contributed by atoms with Gasteiger partial charge in [0.05, 0.1) is 5.02 Å². The van der Waals surface area contributed by atoms with E-state index in [0.29, 0.717) is 16.1 Å². The number of nitrogens with two attached hydrogens (primary N) is 1. The second-order valence-corrected chi connectivity index (χ2v) is 4.11. The Labute approximate surface area is 98.2 Å². The Balaban J connectivity index is 2.76. The van der Waals surface area contributed by atoms with Crippen LogP contribution in [-0.2, 0) is 6.42 Å². The summed E-state index contributed by atoms with van der Waals surface area (Å²) in [5.41, 5.74) is 7.41. The van der Waals surface area contributed by atoms with Crippen LogP contribution in [0, 0.1) is 5.82 Å². The number of nitrogens with zero attached hydrogens (tertiary/aromatic N) is 1. The fourth-order valence-corrected chi connectivity index (χ4v) is 2.00. The average Bonchev–Trinajstić information content (AvgIpc) is 2.23. The van der Waals surface area contributed by atoms with Crippen LogP contribution >= 0.6 is 11.6 Å². The molecule has 0 aliphatic heterocycles. The second-order valence-electron chi connectivity index (χ2n) is 3.71. The monoisotopic (exact) mass is 238 g/mol.